The zero-order chi connectivity index (χ0) is 55.0. The third-order valence-corrected chi connectivity index (χ3v) is 13.7. The Kier molecular flexibility index (Phi) is 51.6. The molecule has 0 aliphatic carbocycles. The highest BCUT2D eigenvalue weighted by molar-refractivity contribution is 7.45. The van der Waals surface area contributed by atoms with Gasteiger partial charge < -0.3 is 28.5 Å². The largest absolute Gasteiger partial charge is 0.756 e. The second-order valence-corrected chi connectivity index (χ2v) is 22.5. The Morgan fingerprint density at radius 2 is 0.853 bits per heavy atom. The maximum absolute atomic E-state index is 13.5. The number of carbonyl (C=O) groups excluding carboxylic acids is 2. The summed E-state index contributed by atoms with van der Waals surface area (Å²) in [5.41, 5.74) is 0. The van der Waals surface area contributed by atoms with Crippen molar-refractivity contribution in [1.82, 2.24) is 5.32 Å². The van der Waals surface area contributed by atoms with E-state index in [0.29, 0.717) is 23.9 Å². The van der Waals surface area contributed by atoms with Gasteiger partial charge in [0.25, 0.3) is 7.82 Å². The first-order valence-corrected chi connectivity index (χ1v) is 31.7. The van der Waals surface area contributed by atoms with Crippen molar-refractivity contribution < 1.29 is 37.3 Å². The summed E-state index contributed by atoms with van der Waals surface area (Å²) in [5.74, 6) is -0.601. The molecule has 3 atom stereocenters. The third kappa shape index (κ3) is 55.2. The standard InChI is InChI=1S/C65H113N2O7P/c1-7-10-13-16-19-22-25-27-29-31-33-35-37-39-42-45-48-51-54-57-64(68)66-62(61-73-75(70,71)72-60-59-67(4,5)6)63(56-53-50-47-44-41-24-21-18-15-12-9-3)74-65(69)58-55-52-49-46-43-40-38-36-34-32-30-28-26-23-20-17-14-11-8-2/h10,13,19-20,22-23,27-30,33-36,39,42,53,56,62-63H,7-9,11-12,14-18,21,24-26,31-32,37-38,40-41,43-52,54-55,57-61H2,1-6H3,(H-,66,68,70,71)/b13-10-,22-19-,23-20-,29-27-,30-28-,35-33-,36-34-,42-39-,56-53+. The summed E-state index contributed by atoms with van der Waals surface area (Å²) < 4.78 is 30.2. The number of rotatable bonds is 53. The Morgan fingerprint density at radius 3 is 1.32 bits per heavy atom. The quantitative estimate of drug-likeness (QED) is 0.0212. The van der Waals surface area contributed by atoms with Crippen LogP contribution in [-0.4, -0.2) is 69.4 Å². The lowest BCUT2D eigenvalue weighted by Gasteiger charge is -2.30. The topological polar surface area (TPSA) is 114 Å². The molecule has 0 saturated heterocycles. The van der Waals surface area contributed by atoms with Crippen LogP contribution < -0.4 is 10.2 Å². The first kappa shape index (κ1) is 71.7. The smallest absolute Gasteiger partial charge is 0.306 e. The number of nitrogens with one attached hydrogen (secondary N) is 1. The minimum absolute atomic E-state index is 0.0371. The van der Waals surface area contributed by atoms with Gasteiger partial charge in [0.2, 0.25) is 5.91 Å². The maximum atomic E-state index is 13.5. The van der Waals surface area contributed by atoms with Crippen LogP contribution >= 0.6 is 7.82 Å². The number of phosphoric acid groups is 1. The maximum Gasteiger partial charge on any atom is 0.306 e. The Bertz CT molecular complexity index is 1650. The number of carbonyl (C=O) groups is 2. The van der Waals surface area contributed by atoms with Crippen LogP contribution in [0.15, 0.2) is 109 Å². The molecule has 1 N–H and O–H groups in total. The number of allylic oxidation sites excluding steroid dienone is 17. The molecule has 0 spiro atoms. The minimum Gasteiger partial charge on any atom is -0.756 e. The van der Waals surface area contributed by atoms with E-state index in [1.54, 1.807) is 0 Å². The van der Waals surface area contributed by atoms with Crippen molar-refractivity contribution in [3.63, 3.8) is 0 Å². The lowest BCUT2D eigenvalue weighted by molar-refractivity contribution is -0.870. The van der Waals surface area contributed by atoms with Crippen LogP contribution in [0.5, 0.6) is 0 Å². The predicted molar refractivity (Wildman–Crippen MR) is 320 cm³/mol. The van der Waals surface area contributed by atoms with Crippen LogP contribution in [0, 0.1) is 0 Å². The minimum atomic E-state index is -4.72. The van der Waals surface area contributed by atoms with Crippen molar-refractivity contribution >= 4 is 19.7 Å². The Morgan fingerprint density at radius 1 is 0.480 bits per heavy atom. The summed E-state index contributed by atoms with van der Waals surface area (Å²) in [4.78, 5) is 39.9. The van der Waals surface area contributed by atoms with E-state index in [2.05, 4.69) is 123 Å². The molecule has 0 saturated carbocycles. The summed E-state index contributed by atoms with van der Waals surface area (Å²) in [6.45, 7) is 6.64. The zero-order valence-corrected chi connectivity index (χ0v) is 49.9. The Balaban J connectivity index is 5.35. The summed E-state index contributed by atoms with van der Waals surface area (Å²) in [5, 5.41) is 3.00. The van der Waals surface area contributed by atoms with E-state index >= 15 is 0 Å². The van der Waals surface area contributed by atoms with Crippen LogP contribution in [0.4, 0.5) is 0 Å². The molecule has 0 radical (unpaired) electrons. The predicted octanol–water partition coefficient (Wildman–Crippen LogP) is 17.9. The summed E-state index contributed by atoms with van der Waals surface area (Å²) in [6, 6.07) is -0.918. The molecule has 0 rings (SSSR count). The molecule has 10 heteroatoms. The molecule has 430 valence electrons. The van der Waals surface area contributed by atoms with Crippen LogP contribution in [0.2, 0.25) is 0 Å². The number of quaternary nitrogens is 1. The van der Waals surface area contributed by atoms with Crippen molar-refractivity contribution in [2.75, 3.05) is 40.9 Å². The average molecular weight is 1070 g/mol. The fraction of sp³-hybridized carbons (Fsp3) is 0.692. The summed E-state index contributed by atoms with van der Waals surface area (Å²) in [7, 11) is 1.14. The molecule has 0 aromatic rings. The van der Waals surface area contributed by atoms with E-state index in [-0.39, 0.29) is 31.3 Å². The van der Waals surface area contributed by atoms with Crippen LogP contribution in [-0.2, 0) is 27.9 Å². The fourth-order valence-electron chi connectivity index (χ4n) is 8.02. The van der Waals surface area contributed by atoms with Gasteiger partial charge in [0, 0.05) is 12.8 Å². The van der Waals surface area contributed by atoms with Crippen LogP contribution in [0.25, 0.3) is 0 Å². The van der Waals surface area contributed by atoms with Crippen molar-refractivity contribution in [2.45, 2.75) is 251 Å². The molecule has 0 bridgehead atoms. The zero-order valence-electron chi connectivity index (χ0n) is 49.0. The van der Waals surface area contributed by atoms with Crippen molar-refractivity contribution in [3.8, 4) is 0 Å². The van der Waals surface area contributed by atoms with Crippen molar-refractivity contribution in [1.29, 1.82) is 0 Å². The number of hydrogen-bond acceptors (Lipinski definition) is 7. The highest BCUT2D eigenvalue weighted by Gasteiger charge is 2.27. The average Bonchev–Trinajstić information content (AvgIpc) is 3.37. The number of phosphoric ester groups is 1. The van der Waals surface area contributed by atoms with Gasteiger partial charge >= 0.3 is 5.97 Å². The van der Waals surface area contributed by atoms with E-state index in [1.165, 1.54) is 70.6 Å². The molecule has 9 nitrogen and oxygen atoms in total. The number of ether oxygens (including phenoxy) is 1. The SMILES string of the molecule is CC/C=C\C/C=C\C/C=C\C/C=C\C/C=C\CCCCCC(=O)NC(COP(=O)([O-])OCC[N+](C)(C)C)C(/C=C/CCCCCCCCCCC)OC(=O)CCCCCCCC/C=C\C/C=C\C/C=C\CCCCC. The second kappa shape index (κ2) is 54.0. The van der Waals surface area contributed by atoms with Crippen LogP contribution in [0.3, 0.4) is 0 Å². The van der Waals surface area contributed by atoms with Gasteiger partial charge in [0.05, 0.1) is 33.8 Å². The number of esters is 1. The molecule has 1 amide bonds. The molecular weight excluding hydrogens is 952 g/mol. The monoisotopic (exact) mass is 1060 g/mol. The van der Waals surface area contributed by atoms with Gasteiger partial charge in [-0.3, -0.25) is 14.2 Å². The number of hydrogen-bond donors (Lipinski definition) is 1. The third-order valence-electron chi connectivity index (χ3n) is 12.7. The molecular formula is C65H113N2O7P. The highest BCUT2D eigenvalue weighted by Crippen LogP contribution is 2.38. The van der Waals surface area contributed by atoms with E-state index in [4.69, 9.17) is 13.8 Å². The molecule has 75 heavy (non-hydrogen) atoms. The molecule has 0 fully saturated rings. The normalized spacial score (nSPS) is 14.5. The molecule has 0 aliphatic rings. The van der Waals surface area contributed by atoms with Gasteiger partial charge in [-0.15, -0.1) is 0 Å². The van der Waals surface area contributed by atoms with Gasteiger partial charge in [-0.05, 0) is 115 Å². The molecule has 0 aliphatic heterocycles. The van der Waals surface area contributed by atoms with E-state index in [0.717, 1.165) is 122 Å². The number of amides is 1. The number of nitrogens with zero attached hydrogens (tertiary/aromatic N) is 1. The lowest BCUT2D eigenvalue weighted by Crippen LogP contribution is -2.47. The van der Waals surface area contributed by atoms with Gasteiger partial charge in [-0.1, -0.05) is 220 Å². The van der Waals surface area contributed by atoms with Gasteiger partial charge in [-0.25, -0.2) is 0 Å². The molecule has 3 unspecified atom stereocenters. The molecule has 0 aromatic heterocycles. The van der Waals surface area contributed by atoms with Crippen LogP contribution in [0.1, 0.15) is 239 Å². The number of unbranched alkanes of at least 4 members (excludes halogenated alkanes) is 21. The summed E-state index contributed by atoms with van der Waals surface area (Å²) >= 11 is 0. The lowest BCUT2D eigenvalue weighted by atomic mass is 10.1. The van der Waals surface area contributed by atoms with Gasteiger partial charge in [0.1, 0.15) is 19.3 Å². The van der Waals surface area contributed by atoms with Crippen molar-refractivity contribution in [3.05, 3.63) is 109 Å². The number of likely N-dealkylation sites (N-methyl/N-ethyl adjacent to an activating group) is 1. The van der Waals surface area contributed by atoms with E-state index < -0.39 is 26.6 Å². The second-order valence-electron chi connectivity index (χ2n) is 21.1. The summed E-state index contributed by atoms with van der Waals surface area (Å²) in [6.07, 6.45) is 73.4. The molecule has 0 heterocycles. The fourth-order valence-corrected chi connectivity index (χ4v) is 8.75. The van der Waals surface area contributed by atoms with E-state index in [9.17, 15) is 19.0 Å². The van der Waals surface area contributed by atoms with Gasteiger partial charge in [0.15, 0.2) is 0 Å². The van der Waals surface area contributed by atoms with Crippen molar-refractivity contribution in [2.24, 2.45) is 0 Å². The molecule has 0 aromatic carbocycles. The first-order chi connectivity index (χ1) is 36.4. The van der Waals surface area contributed by atoms with Gasteiger partial charge in [-0.2, -0.15) is 0 Å². The first-order valence-electron chi connectivity index (χ1n) is 30.2. The Hall–Kier alpha value is -3.33. The van der Waals surface area contributed by atoms with E-state index in [1.807, 2.05) is 33.3 Å². The Labute approximate surface area is 461 Å². The highest BCUT2D eigenvalue weighted by atomic mass is 31.2.